The van der Waals surface area contributed by atoms with Crippen molar-refractivity contribution in [1.82, 2.24) is 5.06 Å². The van der Waals surface area contributed by atoms with Crippen molar-refractivity contribution >= 4 is 35.3 Å². The highest BCUT2D eigenvalue weighted by atomic mass is 35.5. The van der Waals surface area contributed by atoms with Crippen molar-refractivity contribution in [2.24, 2.45) is 0 Å². The largest absolute Gasteiger partial charge is 0.479 e. The summed E-state index contributed by atoms with van der Waals surface area (Å²) in [4.78, 5) is 40.5. The average Bonchev–Trinajstić information content (AvgIpc) is 3.14. The van der Waals surface area contributed by atoms with Crippen molar-refractivity contribution in [2.75, 3.05) is 25.6 Å². The van der Waals surface area contributed by atoms with E-state index < -0.39 is 24.6 Å². The first-order chi connectivity index (χ1) is 16.3. The van der Waals surface area contributed by atoms with Gasteiger partial charge in [-0.2, -0.15) is 0 Å². The Balaban J connectivity index is 1.43. The maximum absolute atomic E-state index is 12.5. The number of hydrogen-bond acceptors (Lipinski definition) is 5. The summed E-state index contributed by atoms with van der Waals surface area (Å²) in [5.41, 5.74) is 4.79. The summed E-state index contributed by atoms with van der Waals surface area (Å²) < 4.78 is 5.52. The number of rotatable bonds is 7. The molecule has 0 aromatic heterocycles. The number of hydrogen-bond donors (Lipinski definition) is 2. The number of ether oxygens (including phenoxy) is 1. The van der Waals surface area contributed by atoms with Gasteiger partial charge in [-0.05, 0) is 40.5 Å². The molecule has 3 aromatic rings. The van der Waals surface area contributed by atoms with Crippen LogP contribution in [0.5, 0.6) is 0 Å². The SMILES string of the molecule is CN(OCC(=O)O)C(=O)c1cc(Cl)cc(NC(=O)OCC2c3ccccc3-c3ccccc32)c1. The molecule has 9 heteroatoms. The minimum atomic E-state index is -1.22. The molecule has 1 aliphatic carbocycles. The van der Waals surface area contributed by atoms with Crippen LogP contribution in [-0.4, -0.2) is 48.4 Å². The number of nitrogens with zero attached hydrogens (tertiary/aromatic N) is 1. The predicted octanol–water partition coefficient (Wildman–Crippen LogP) is 4.79. The smallest absolute Gasteiger partial charge is 0.411 e. The van der Waals surface area contributed by atoms with E-state index in [-0.39, 0.29) is 28.8 Å². The molecular formula is C25H21ClN2O6. The number of fused-ring (bicyclic) bond motifs is 3. The Morgan fingerprint density at radius 3 is 2.24 bits per heavy atom. The third-order valence-electron chi connectivity index (χ3n) is 5.40. The number of carbonyl (C=O) groups excluding carboxylic acids is 2. The standard InChI is InChI=1S/C25H21ClN2O6/c1-28(34-14-23(29)30)24(31)15-10-16(26)12-17(11-15)27-25(32)33-13-22-20-8-4-2-6-18(20)19-7-3-5-9-21(19)22/h2-12,22H,13-14H2,1H3,(H,27,32)(H,29,30). The van der Waals surface area contributed by atoms with E-state index in [4.69, 9.17) is 26.3 Å². The second kappa shape index (κ2) is 9.94. The third-order valence-corrected chi connectivity index (χ3v) is 5.62. The molecule has 2 amide bonds. The molecule has 0 saturated heterocycles. The van der Waals surface area contributed by atoms with Crippen molar-refractivity contribution in [3.8, 4) is 11.1 Å². The molecule has 0 atom stereocenters. The molecule has 0 saturated carbocycles. The summed E-state index contributed by atoms with van der Waals surface area (Å²) in [5.74, 6) is -1.93. The van der Waals surface area contributed by atoms with Gasteiger partial charge in [0.1, 0.15) is 6.61 Å². The summed E-state index contributed by atoms with van der Waals surface area (Å²) >= 11 is 6.11. The van der Waals surface area contributed by atoms with Crippen molar-refractivity contribution < 1.29 is 29.1 Å². The molecule has 34 heavy (non-hydrogen) atoms. The van der Waals surface area contributed by atoms with E-state index in [2.05, 4.69) is 17.4 Å². The maximum atomic E-state index is 12.5. The van der Waals surface area contributed by atoms with Gasteiger partial charge in [0.05, 0.1) is 0 Å². The van der Waals surface area contributed by atoms with E-state index in [1.54, 1.807) is 0 Å². The van der Waals surface area contributed by atoms with E-state index in [1.807, 2.05) is 36.4 Å². The number of benzene rings is 3. The normalized spacial score (nSPS) is 11.9. The second-order valence-electron chi connectivity index (χ2n) is 7.65. The van der Waals surface area contributed by atoms with Gasteiger partial charge in [0.15, 0.2) is 6.61 Å². The first-order valence-electron chi connectivity index (χ1n) is 10.4. The summed E-state index contributed by atoms with van der Waals surface area (Å²) in [5, 5.41) is 12.3. The highest BCUT2D eigenvalue weighted by Gasteiger charge is 2.29. The van der Waals surface area contributed by atoms with Gasteiger partial charge in [-0.1, -0.05) is 60.1 Å². The highest BCUT2D eigenvalue weighted by Crippen LogP contribution is 2.44. The lowest BCUT2D eigenvalue weighted by atomic mass is 9.98. The Morgan fingerprint density at radius 2 is 1.62 bits per heavy atom. The maximum Gasteiger partial charge on any atom is 0.411 e. The topological polar surface area (TPSA) is 105 Å². The molecule has 4 rings (SSSR count). The first-order valence-corrected chi connectivity index (χ1v) is 10.8. The Kier molecular flexibility index (Phi) is 6.81. The van der Waals surface area contributed by atoms with Crippen LogP contribution in [0.15, 0.2) is 66.7 Å². The van der Waals surface area contributed by atoms with Gasteiger partial charge in [0.25, 0.3) is 5.91 Å². The van der Waals surface area contributed by atoms with Gasteiger partial charge < -0.3 is 9.84 Å². The van der Waals surface area contributed by atoms with Crippen LogP contribution in [0.2, 0.25) is 5.02 Å². The molecule has 8 nitrogen and oxygen atoms in total. The van der Waals surface area contributed by atoms with Crippen molar-refractivity contribution in [3.63, 3.8) is 0 Å². The molecule has 0 bridgehead atoms. The molecule has 0 spiro atoms. The van der Waals surface area contributed by atoms with Crippen LogP contribution in [0.4, 0.5) is 10.5 Å². The zero-order valence-corrected chi connectivity index (χ0v) is 18.9. The lowest BCUT2D eigenvalue weighted by Gasteiger charge is -2.17. The number of anilines is 1. The monoisotopic (exact) mass is 480 g/mol. The molecule has 0 fully saturated rings. The van der Waals surface area contributed by atoms with E-state index in [1.165, 1.54) is 25.2 Å². The van der Waals surface area contributed by atoms with E-state index in [0.717, 1.165) is 27.3 Å². The van der Waals surface area contributed by atoms with E-state index in [0.29, 0.717) is 0 Å². The molecule has 0 unspecified atom stereocenters. The van der Waals surface area contributed by atoms with Gasteiger partial charge in [-0.25, -0.2) is 14.7 Å². The number of hydroxylamine groups is 2. The second-order valence-corrected chi connectivity index (χ2v) is 8.09. The number of aliphatic carboxylic acids is 1. The third kappa shape index (κ3) is 5.03. The zero-order chi connectivity index (χ0) is 24.2. The molecule has 174 valence electrons. The quantitative estimate of drug-likeness (QED) is 0.471. The summed E-state index contributed by atoms with van der Waals surface area (Å²) in [6, 6.07) is 20.3. The fourth-order valence-electron chi connectivity index (χ4n) is 3.93. The highest BCUT2D eigenvalue weighted by molar-refractivity contribution is 6.31. The molecule has 0 radical (unpaired) electrons. The van der Waals surface area contributed by atoms with Crippen LogP contribution < -0.4 is 5.32 Å². The predicted molar refractivity (Wildman–Crippen MR) is 126 cm³/mol. The molecule has 0 aliphatic heterocycles. The van der Waals surface area contributed by atoms with Crippen LogP contribution in [0.3, 0.4) is 0 Å². The number of carbonyl (C=O) groups is 3. The van der Waals surface area contributed by atoms with Gasteiger partial charge >= 0.3 is 12.1 Å². The fourth-order valence-corrected chi connectivity index (χ4v) is 4.17. The molecule has 3 aromatic carbocycles. The zero-order valence-electron chi connectivity index (χ0n) is 18.2. The number of carboxylic acids is 1. The lowest BCUT2D eigenvalue weighted by Crippen LogP contribution is -2.29. The number of amides is 2. The lowest BCUT2D eigenvalue weighted by molar-refractivity contribution is -0.159. The number of halogens is 1. The summed E-state index contributed by atoms with van der Waals surface area (Å²) in [6.45, 7) is -0.536. The summed E-state index contributed by atoms with van der Waals surface area (Å²) in [6.07, 6.45) is -0.696. The fraction of sp³-hybridized carbons (Fsp3) is 0.160. The van der Waals surface area contributed by atoms with E-state index >= 15 is 0 Å². The van der Waals surface area contributed by atoms with E-state index in [9.17, 15) is 14.4 Å². The van der Waals surface area contributed by atoms with Crippen LogP contribution >= 0.6 is 11.6 Å². The van der Waals surface area contributed by atoms with Crippen LogP contribution in [0.1, 0.15) is 27.4 Å². The molecule has 1 aliphatic rings. The number of carboxylic acid groups (broad SMARTS) is 1. The Morgan fingerprint density at radius 1 is 1.00 bits per heavy atom. The van der Waals surface area contributed by atoms with Crippen LogP contribution in [0, 0.1) is 0 Å². The van der Waals surface area contributed by atoms with Crippen LogP contribution in [-0.2, 0) is 14.4 Å². The average molecular weight is 481 g/mol. The number of nitrogens with one attached hydrogen (secondary N) is 1. The molecule has 0 heterocycles. The molecule has 2 N–H and O–H groups in total. The Hall–Kier alpha value is -3.88. The minimum absolute atomic E-state index is 0.0883. The minimum Gasteiger partial charge on any atom is -0.479 e. The van der Waals surface area contributed by atoms with Crippen molar-refractivity contribution in [1.29, 1.82) is 0 Å². The summed E-state index contributed by atoms with van der Waals surface area (Å²) in [7, 11) is 1.28. The van der Waals surface area contributed by atoms with Gasteiger partial charge in [0, 0.05) is 29.2 Å². The van der Waals surface area contributed by atoms with Crippen LogP contribution in [0.25, 0.3) is 11.1 Å². The van der Waals surface area contributed by atoms with Gasteiger partial charge in [-0.3, -0.25) is 14.9 Å². The first kappa shape index (κ1) is 23.3. The van der Waals surface area contributed by atoms with Gasteiger partial charge in [0.2, 0.25) is 0 Å². The Bertz CT molecular complexity index is 1220. The molecular weight excluding hydrogens is 460 g/mol. The van der Waals surface area contributed by atoms with Crippen molar-refractivity contribution in [3.05, 3.63) is 88.4 Å². The van der Waals surface area contributed by atoms with Crippen molar-refractivity contribution in [2.45, 2.75) is 5.92 Å². The van der Waals surface area contributed by atoms with Gasteiger partial charge in [-0.15, -0.1) is 0 Å². The Labute approximate surface area is 200 Å².